The Hall–Kier alpha value is -5.94. The Labute approximate surface area is 243 Å². The largest absolute Gasteiger partial charge is 0.455 e. The van der Waals surface area contributed by atoms with Gasteiger partial charge in [0.2, 0.25) is 0 Å². The summed E-state index contributed by atoms with van der Waals surface area (Å²) in [5, 5.41) is 8.10. The summed E-state index contributed by atoms with van der Waals surface area (Å²) >= 11 is 0. The Balaban J connectivity index is 1.35. The average molecular weight is 549 g/mol. The number of aromatic nitrogens is 4. The van der Waals surface area contributed by atoms with Crippen molar-refractivity contribution in [2.45, 2.75) is 0 Å². The van der Waals surface area contributed by atoms with Crippen LogP contribution in [-0.2, 0) is 0 Å². The first kappa shape index (κ1) is 21.8. The van der Waals surface area contributed by atoms with Crippen LogP contribution in [-0.4, -0.2) is 18.9 Å². The van der Waals surface area contributed by atoms with Gasteiger partial charge in [0.25, 0.3) is 0 Å². The standard InChI is InChI=1S/C38H20N4O/c1-6-14-30-22(9-1)26-19-21(20-27-35-38(42(30)36(26)27)40-29-13-5-4-12-28(29)39-35)41-31-15-7-2-11-25(31)34-32(41)18-17-24-23-10-3-8-16-33(23)43-37(24)34/h1-20H. The molecule has 6 aromatic carbocycles. The lowest BCUT2D eigenvalue weighted by atomic mass is 10.1. The van der Waals surface area contributed by atoms with Crippen molar-refractivity contribution in [1.29, 1.82) is 0 Å². The lowest BCUT2D eigenvalue weighted by Gasteiger charge is -2.09. The molecule has 0 N–H and O–H groups in total. The van der Waals surface area contributed by atoms with Crippen molar-refractivity contribution in [3.8, 4) is 5.69 Å². The summed E-state index contributed by atoms with van der Waals surface area (Å²) in [6.45, 7) is 0. The Morgan fingerprint density at radius 1 is 0.512 bits per heavy atom. The second-order valence-electron chi connectivity index (χ2n) is 11.4. The zero-order valence-corrected chi connectivity index (χ0v) is 22.7. The van der Waals surface area contributed by atoms with Crippen molar-refractivity contribution < 1.29 is 4.42 Å². The van der Waals surface area contributed by atoms with E-state index in [1.54, 1.807) is 0 Å². The molecular formula is C38H20N4O. The van der Waals surface area contributed by atoms with E-state index in [1.807, 2.05) is 36.4 Å². The molecule has 0 saturated heterocycles. The van der Waals surface area contributed by atoms with Gasteiger partial charge in [0.05, 0.1) is 38.5 Å². The maximum Gasteiger partial charge on any atom is 0.165 e. The molecule has 5 aromatic heterocycles. The highest BCUT2D eigenvalue weighted by atomic mass is 16.3. The van der Waals surface area contributed by atoms with Crippen LogP contribution in [0.15, 0.2) is 126 Å². The van der Waals surface area contributed by atoms with Crippen molar-refractivity contribution in [3.63, 3.8) is 0 Å². The van der Waals surface area contributed by atoms with Crippen LogP contribution in [0.5, 0.6) is 0 Å². The van der Waals surface area contributed by atoms with Crippen LogP contribution in [0, 0.1) is 0 Å². The summed E-state index contributed by atoms with van der Waals surface area (Å²) in [6.07, 6.45) is 0. The van der Waals surface area contributed by atoms with Gasteiger partial charge in [0, 0.05) is 38.0 Å². The molecule has 0 aliphatic rings. The van der Waals surface area contributed by atoms with Crippen molar-refractivity contribution in [1.82, 2.24) is 18.9 Å². The van der Waals surface area contributed by atoms with Crippen LogP contribution in [0.2, 0.25) is 0 Å². The van der Waals surface area contributed by atoms with Crippen LogP contribution < -0.4 is 0 Å². The first-order chi connectivity index (χ1) is 21.3. The normalized spacial score (nSPS) is 12.7. The van der Waals surface area contributed by atoms with Gasteiger partial charge in [-0.15, -0.1) is 0 Å². The number of benzene rings is 6. The maximum atomic E-state index is 6.54. The lowest BCUT2D eigenvalue weighted by molar-refractivity contribution is 0.673. The van der Waals surface area contributed by atoms with Gasteiger partial charge in [-0.05, 0) is 54.6 Å². The second kappa shape index (κ2) is 7.46. The Kier molecular flexibility index (Phi) is 3.78. The number of rotatable bonds is 1. The molecule has 0 amide bonds. The van der Waals surface area contributed by atoms with Gasteiger partial charge in [0.15, 0.2) is 5.65 Å². The molecule has 5 nitrogen and oxygen atoms in total. The van der Waals surface area contributed by atoms with Crippen molar-refractivity contribution >= 4 is 93.1 Å². The summed E-state index contributed by atoms with van der Waals surface area (Å²) < 4.78 is 11.2. The quantitative estimate of drug-likeness (QED) is 0.205. The fourth-order valence-electron chi connectivity index (χ4n) is 7.45. The number of furan rings is 1. The third kappa shape index (κ3) is 2.59. The minimum atomic E-state index is 0.892. The molecule has 5 heteroatoms. The fraction of sp³-hybridized carbons (Fsp3) is 0. The topological polar surface area (TPSA) is 48.3 Å². The van der Waals surface area contributed by atoms with Gasteiger partial charge < -0.3 is 8.98 Å². The summed E-state index contributed by atoms with van der Waals surface area (Å²) in [5.74, 6) is 0. The number of hydrogen-bond acceptors (Lipinski definition) is 3. The van der Waals surface area contributed by atoms with Crippen molar-refractivity contribution in [3.05, 3.63) is 121 Å². The highest BCUT2D eigenvalue weighted by Crippen LogP contribution is 2.43. The predicted octanol–water partition coefficient (Wildman–Crippen LogP) is 9.78. The average Bonchev–Trinajstić information content (AvgIpc) is 3.78. The second-order valence-corrected chi connectivity index (χ2v) is 11.4. The third-order valence-corrected chi connectivity index (χ3v) is 9.21. The van der Waals surface area contributed by atoms with Gasteiger partial charge >= 0.3 is 0 Å². The Morgan fingerprint density at radius 3 is 2.09 bits per heavy atom. The molecule has 5 heterocycles. The minimum absolute atomic E-state index is 0.892. The van der Waals surface area contributed by atoms with Crippen molar-refractivity contribution in [2.75, 3.05) is 0 Å². The highest BCUT2D eigenvalue weighted by molar-refractivity contribution is 6.26. The maximum absolute atomic E-state index is 6.54. The van der Waals surface area contributed by atoms with Gasteiger partial charge in [-0.3, -0.25) is 4.40 Å². The van der Waals surface area contributed by atoms with E-state index in [4.69, 9.17) is 14.4 Å². The predicted molar refractivity (Wildman–Crippen MR) is 176 cm³/mol. The van der Waals surface area contributed by atoms with Crippen LogP contribution in [0.25, 0.3) is 98.8 Å². The molecule has 198 valence electrons. The van der Waals surface area contributed by atoms with E-state index in [2.05, 4.69) is 93.9 Å². The molecule has 0 unspecified atom stereocenters. The molecule has 0 aliphatic carbocycles. The monoisotopic (exact) mass is 548 g/mol. The molecule has 0 aliphatic heterocycles. The molecule has 0 saturated carbocycles. The molecule has 0 fully saturated rings. The number of fused-ring (bicyclic) bond motifs is 14. The van der Waals surface area contributed by atoms with Gasteiger partial charge in [0.1, 0.15) is 16.7 Å². The zero-order valence-electron chi connectivity index (χ0n) is 22.7. The van der Waals surface area contributed by atoms with E-state index in [0.29, 0.717) is 0 Å². The smallest absolute Gasteiger partial charge is 0.165 e. The van der Waals surface area contributed by atoms with Gasteiger partial charge in [-0.1, -0.05) is 66.7 Å². The number of para-hydroxylation sites is 5. The fourth-order valence-corrected chi connectivity index (χ4v) is 7.45. The number of hydrogen-bond donors (Lipinski definition) is 0. The van der Waals surface area contributed by atoms with E-state index in [-0.39, 0.29) is 0 Å². The summed E-state index contributed by atoms with van der Waals surface area (Å²) in [4.78, 5) is 10.3. The molecule has 0 bridgehead atoms. The van der Waals surface area contributed by atoms with Gasteiger partial charge in [-0.25, -0.2) is 9.97 Å². The molecular weight excluding hydrogens is 528 g/mol. The molecule has 11 rings (SSSR count). The Bertz CT molecular complexity index is 2960. The third-order valence-electron chi connectivity index (χ3n) is 9.21. The summed E-state index contributed by atoms with van der Waals surface area (Å²) in [5.41, 5.74) is 11.1. The van der Waals surface area contributed by atoms with E-state index >= 15 is 0 Å². The lowest BCUT2D eigenvalue weighted by Crippen LogP contribution is -1.94. The van der Waals surface area contributed by atoms with Crippen LogP contribution in [0.1, 0.15) is 0 Å². The Morgan fingerprint density at radius 2 is 1.21 bits per heavy atom. The molecule has 43 heavy (non-hydrogen) atoms. The van der Waals surface area contributed by atoms with E-state index in [0.717, 1.165) is 82.7 Å². The van der Waals surface area contributed by atoms with Crippen LogP contribution in [0.3, 0.4) is 0 Å². The molecule has 11 aromatic rings. The van der Waals surface area contributed by atoms with Crippen LogP contribution in [0.4, 0.5) is 0 Å². The highest BCUT2D eigenvalue weighted by Gasteiger charge is 2.23. The SMILES string of the molecule is c1ccc2nc3c(nc2c1)c1cc(-n2c4ccccc4c4c5oc6ccccc6c5ccc42)cc2c4ccccc4n3c21. The van der Waals surface area contributed by atoms with Crippen LogP contribution >= 0.6 is 0 Å². The zero-order chi connectivity index (χ0) is 27.8. The molecule has 0 radical (unpaired) electrons. The molecule has 0 atom stereocenters. The first-order valence-corrected chi connectivity index (χ1v) is 14.5. The number of nitrogens with zero attached hydrogens (tertiary/aromatic N) is 4. The van der Waals surface area contributed by atoms with E-state index in [9.17, 15) is 0 Å². The molecule has 0 spiro atoms. The first-order valence-electron chi connectivity index (χ1n) is 14.5. The van der Waals surface area contributed by atoms with Crippen molar-refractivity contribution in [2.24, 2.45) is 0 Å². The van der Waals surface area contributed by atoms with E-state index < -0.39 is 0 Å². The van der Waals surface area contributed by atoms with Gasteiger partial charge in [-0.2, -0.15) is 0 Å². The summed E-state index contributed by atoms with van der Waals surface area (Å²) in [7, 11) is 0. The van der Waals surface area contributed by atoms with E-state index in [1.165, 1.54) is 16.2 Å². The summed E-state index contributed by atoms with van der Waals surface area (Å²) in [6, 6.07) is 42.7. The minimum Gasteiger partial charge on any atom is -0.455 e.